The molecule has 1 heterocycles. The van der Waals surface area contributed by atoms with Crippen LogP contribution in [0.5, 0.6) is 0 Å². The number of carbonyl (C=O) groups is 3. The van der Waals surface area contributed by atoms with E-state index in [2.05, 4.69) is 22.5 Å². The first-order valence-corrected chi connectivity index (χ1v) is 8.88. The number of benzene rings is 1. The number of ether oxygens (including phenoxy) is 1. The number of H-pyrrole nitrogens is 1. The van der Waals surface area contributed by atoms with Gasteiger partial charge in [0.2, 0.25) is 0 Å². The number of imide groups is 1. The Labute approximate surface area is 151 Å². The van der Waals surface area contributed by atoms with Crippen LogP contribution in [-0.2, 0) is 9.53 Å². The second kappa shape index (κ2) is 8.03. The maximum absolute atomic E-state index is 12.1. The van der Waals surface area contributed by atoms with Gasteiger partial charge in [-0.25, -0.2) is 9.59 Å². The fourth-order valence-electron chi connectivity index (χ4n) is 3.35. The van der Waals surface area contributed by atoms with Crippen LogP contribution in [0.4, 0.5) is 4.79 Å². The van der Waals surface area contributed by atoms with Gasteiger partial charge in [0.1, 0.15) is 0 Å². The third-order valence-electron chi connectivity index (χ3n) is 4.82. The van der Waals surface area contributed by atoms with Gasteiger partial charge < -0.3 is 15.0 Å². The molecule has 1 fully saturated rings. The van der Waals surface area contributed by atoms with Crippen LogP contribution in [0.1, 0.15) is 43.0 Å². The number of nitrogens with one attached hydrogen (secondary N) is 3. The number of fused-ring (bicyclic) bond motifs is 1. The third-order valence-corrected chi connectivity index (χ3v) is 4.82. The van der Waals surface area contributed by atoms with Crippen LogP contribution in [0.2, 0.25) is 0 Å². The van der Waals surface area contributed by atoms with Gasteiger partial charge in [-0.05, 0) is 24.8 Å². The molecule has 1 aromatic carbocycles. The van der Waals surface area contributed by atoms with Crippen molar-refractivity contribution in [2.75, 3.05) is 6.61 Å². The summed E-state index contributed by atoms with van der Waals surface area (Å²) >= 11 is 0. The van der Waals surface area contributed by atoms with Crippen molar-refractivity contribution in [3.8, 4) is 0 Å². The average molecular weight is 357 g/mol. The Morgan fingerprint density at radius 1 is 1.19 bits per heavy atom. The molecule has 1 saturated carbocycles. The summed E-state index contributed by atoms with van der Waals surface area (Å²) in [6.45, 7) is 1.58. The summed E-state index contributed by atoms with van der Waals surface area (Å²) in [6, 6.07) is 6.84. The molecule has 7 heteroatoms. The number of aromatic amines is 1. The molecule has 1 aromatic heterocycles. The van der Waals surface area contributed by atoms with E-state index in [-0.39, 0.29) is 6.04 Å². The van der Waals surface area contributed by atoms with E-state index < -0.39 is 24.5 Å². The lowest BCUT2D eigenvalue weighted by Gasteiger charge is -2.29. The van der Waals surface area contributed by atoms with Crippen molar-refractivity contribution < 1.29 is 19.1 Å². The Morgan fingerprint density at radius 2 is 1.96 bits per heavy atom. The minimum Gasteiger partial charge on any atom is -0.452 e. The van der Waals surface area contributed by atoms with Crippen LogP contribution >= 0.6 is 0 Å². The number of esters is 1. The molecule has 2 atom stereocenters. The number of para-hydroxylation sites is 1. The highest BCUT2D eigenvalue weighted by Crippen LogP contribution is 2.23. The Kier molecular flexibility index (Phi) is 5.55. The molecule has 0 bridgehead atoms. The molecule has 0 radical (unpaired) electrons. The van der Waals surface area contributed by atoms with Gasteiger partial charge in [0, 0.05) is 23.1 Å². The van der Waals surface area contributed by atoms with Crippen molar-refractivity contribution in [3.05, 3.63) is 36.0 Å². The molecule has 1 aliphatic rings. The molecular formula is C19H23N3O4. The van der Waals surface area contributed by atoms with Crippen LogP contribution < -0.4 is 10.6 Å². The lowest BCUT2D eigenvalue weighted by molar-refractivity contribution is -0.123. The van der Waals surface area contributed by atoms with Crippen molar-refractivity contribution >= 4 is 28.8 Å². The smallest absolute Gasteiger partial charge is 0.340 e. The zero-order chi connectivity index (χ0) is 18.5. The molecule has 138 valence electrons. The largest absolute Gasteiger partial charge is 0.452 e. The van der Waals surface area contributed by atoms with Crippen molar-refractivity contribution in [1.29, 1.82) is 0 Å². The molecule has 0 spiro atoms. The molecular weight excluding hydrogens is 334 g/mol. The SMILES string of the molecule is C[C@H]1CCCC[C@H]1NC(=O)NC(=O)COC(=O)c1c[nH]c2ccccc12. The van der Waals surface area contributed by atoms with Crippen molar-refractivity contribution in [3.63, 3.8) is 0 Å². The maximum Gasteiger partial charge on any atom is 0.340 e. The molecule has 0 unspecified atom stereocenters. The lowest BCUT2D eigenvalue weighted by Crippen LogP contribution is -2.48. The second-order valence-corrected chi connectivity index (χ2v) is 6.71. The Bertz CT molecular complexity index is 814. The highest BCUT2D eigenvalue weighted by Gasteiger charge is 2.23. The van der Waals surface area contributed by atoms with Gasteiger partial charge in [0.25, 0.3) is 5.91 Å². The third kappa shape index (κ3) is 4.22. The van der Waals surface area contributed by atoms with Gasteiger partial charge in [-0.1, -0.05) is 38.0 Å². The Balaban J connectivity index is 1.47. The lowest BCUT2D eigenvalue weighted by atomic mass is 9.86. The number of carbonyl (C=O) groups excluding carboxylic acids is 3. The van der Waals surface area contributed by atoms with Gasteiger partial charge in [0.05, 0.1) is 5.56 Å². The van der Waals surface area contributed by atoms with E-state index in [1.807, 2.05) is 18.2 Å². The first-order valence-electron chi connectivity index (χ1n) is 8.88. The number of amides is 3. The van der Waals surface area contributed by atoms with Crippen LogP contribution in [0, 0.1) is 5.92 Å². The van der Waals surface area contributed by atoms with E-state index in [1.54, 1.807) is 12.3 Å². The zero-order valence-electron chi connectivity index (χ0n) is 14.7. The first-order chi connectivity index (χ1) is 12.5. The normalized spacial score (nSPS) is 19.7. The number of rotatable bonds is 4. The Hall–Kier alpha value is -2.83. The summed E-state index contributed by atoms with van der Waals surface area (Å²) in [4.78, 5) is 38.9. The number of urea groups is 1. The highest BCUT2D eigenvalue weighted by atomic mass is 16.5. The van der Waals surface area contributed by atoms with Crippen LogP contribution in [0.15, 0.2) is 30.5 Å². The molecule has 3 amide bonds. The number of aromatic nitrogens is 1. The summed E-state index contributed by atoms with van der Waals surface area (Å²) in [5, 5.41) is 5.76. The average Bonchev–Trinajstić information content (AvgIpc) is 3.06. The summed E-state index contributed by atoms with van der Waals surface area (Å²) in [6.07, 6.45) is 5.77. The quantitative estimate of drug-likeness (QED) is 0.733. The fourth-order valence-corrected chi connectivity index (χ4v) is 3.35. The monoisotopic (exact) mass is 357 g/mol. The van der Waals surface area contributed by atoms with Crippen molar-refractivity contribution in [2.24, 2.45) is 5.92 Å². The molecule has 26 heavy (non-hydrogen) atoms. The standard InChI is InChI=1S/C19H23N3O4/c1-12-6-2-4-8-15(12)21-19(25)22-17(23)11-26-18(24)14-10-20-16-9-5-3-7-13(14)16/h3,5,7,9-10,12,15,20H,2,4,6,8,11H2,1H3,(H2,21,22,23,25)/t12-,15+/m0/s1. The van der Waals surface area contributed by atoms with Crippen molar-refractivity contribution in [1.82, 2.24) is 15.6 Å². The predicted molar refractivity (Wildman–Crippen MR) is 96.7 cm³/mol. The molecule has 0 saturated heterocycles. The highest BCUT2D eigenvalue weighted by molar-refractivity contribution is 6.05. The van der Waals surface area contributed by atoms with Gasteiger partial charge >= 0.3 is 12.0 Å². The van der Waals surface area contributed by atoms with Gasteiger partial charge in [-0.2, -0.15) is 0 Å². The zero-order valence-corrected chi connectivity index (χ0v) is 14.7. The van der Waals surface area contributed by atoms with Crippen LogP contribution in [-0.4, -0.2) is 35.5 Å². The minimum atomic E-state index is -0.654. The molecule has 3 N–H and O–H groups in total. The van der Waals surface area contributed by atoms with E-state index in [0.29, 0.717) is 11.5 Å². The van der Waals surface area contributed by atoms with E-state index in [0.717, 1.165) is 30.2 Å². The first kappa shape index (κ1) is 18.0. The van der Waals surface area contributed by atoms with Crippen molar-refractivity contribution in [2.45, 2.75) is 38.6 Å². The van der Waals surface area contributed by atoms with Gasteiger partial charge in [-0.3, -0.25) is 10.1 Å². The molecule has 1 aliphatic carbocycles. The van der Waals surface area contributed by atoms with Gasteiger partial charge in [0.15, 0.2) is 6.61 Å². The second-order valence-electron chi connectivity index (χ2n) is 6.71. The van der Waals surface area contributed by atoms with Crippen LogP contribution in [0.25, 0.3) is 10.9 Å². The fraction of sp³-hybridized carbons (Fsp3) is 0.421. The Morgan fingerprint density at radius 3 is 2.77 bits per heavy atom. The summed E-state index contributed by atoms with van der Waals surface area (Å²) in [5.74, 6) is -0.873. The molecule has 2 aromatic rings. The van der Waals surface area contributed by atoms with E-state index in [4.69, 9.17) is 4.74 Å². The summed E-state index contributed by atoms with van der Waals surface area (Å²) in [7, 11) is 0. The maximum atomic E-state index is 12.1. The number of hydrogen-bond donors (Lipinski definition) is 3. The summed E-state index contributed by atoms with van der Waals surface area (Å²) < 4.78 is 5.02. The van der Waals surface area contributed by atoms with E-state index in [1.165, 1.54) is 6.42 Å². The molecule has 0 aliphatic heterocycles. The van der Waals surface area contributed by atoms with Gasteiger partial charge in [-0.15, -0.1) is 0 Å². The van der Waals surface area contributed by atoms with E-state index >= 15 is 0 Å². The van der Waals surface area contributed by atoms with E-state index in [9.17, 15) is 14.4 Å². The topological polar surface area (TPSA) is 100 Å². The predicted octanol–water partition coefficient (Wildman–Crippen LogP) is 2.73. The minimum absolute atomic E-state index is 0.0744. The van der Waals surface area contributed by atoms with Crippen LogP contribution in [0.3, 0.4) is 0 Å². The number of hydrogen-bond acceptors (Lipinski definition) is 4. The summed E-state index contributed by atoms with van der Waals surface area (Å²) in [5.41, 5.74) is 1.17. The molecule has 7 nitrogen and oxygen atoms in total. The molecule has 3 rings (SSSR count).